The number of hydrogen-bond acceptors (Lipinski definition) is 0. The number of fused-ring (bicyclic) bond motifs is 6. The minimum absolute atomic E-state index is 0.403. The molecule has 2 aromatic carbocycles. The standard InChI is InChI=1S/C23H17N/c1-3-7-19-15(5-1)16-6-2-4-8-20(16)24(19)21-13-18-22-17-10-9-14(21)11-12-23(17,18)22/h1-14,17-18,22H. The van der Waals surface area contributed by atoms with Gasteiger partial charge in [0.1, 0.15) is 0 Å². The summed E-state index contributed by atoms with van der Waals surface area (Å²) in [5, 5.41) is 2.71. The average Bonchev–Trinajstić information content (AvgIpc) is 3.41. The zero-order valence-corrected chi connectivity index (χ0v) is 13.3. The zero-order chi connectivity index (χ0) is 15.5. The van der Waals surface area contributed by atoms with E-state index in [0.717, 1.165) is 17.8 Å². The maximum Gasteiger partial charge on any atom is 0.0538 e. The van der Waals surface area contributed by atoms with Gasteiger partial charge in [0.05, 0.1) is 11.0 Å². The highest BCUT2D eigenvalue weighted by Gasteiger charge is 2.83. The van der Waals surface area contributed by atoms with Gasteiger partial charge in [-0.25, -0.2) is 0 Å². The summed E-state index contributed by atoms with van der Waals surface area (Å²) in [4.78, 5) is 0. The molecule has 4 aliphatic rings. The molecule has 0 radical (unpaired) electrons. The first-order valence-electron chi connectivity index (χ1n) is 8.97. The molecule has 1 heteroatoms. The number of hydrogen-bond donors (Lipinski definition) is 0. The summed E-state index contributed by atoms with van der Waals surface area (Å²) in [6.45, 7) is 0. The van der Waals surface area contributed by atoms with Crippen LogP contribution in [0, 0.1) is 29.1 Å². The Labute approximate surface area is 140 Å². The van der Waals surface area contributed by atoms with Gasteiger partial charge in [-0.15, -0.1) is 0 Å². The molecule has 0 amide bonds. The summed E-state index contributed by atoms with van der Waals surface area (Å²) in [5.41, 5.74) is 4.62. The molecule has 3 aromatic rings. The fourth-order valence-corrected chi connectivity index (χ4v) is 5.66. The maximum absolute atomic E-state index is 2.59. The molecule has 5 unspecified atom stereocenters. The highest BCUT2D eigenvalue weighted by Crippen LogP contribution is 2.87. The number of nitrogens with zero attached hydrogens (tertiary/aromatic N) is 1. The van der Waals surface area contributed by atoms with Crippen LogP contribution in [0.2, 0.25) is 0 Å². The Morgan fingerprint density at radius 3 is 2.21 bits per heavy atom. The molecule has 2 saturated carbocycles. The predicted molar refractivity (Wildman–Crippen MR) is 98.4 cm³/mol. The second-order valence-corrected chi connectivity index (χ2v) is 7.81. The first-order valence-corrected chi connectivity index (χ1v) is 8.97. The van der Waals surface area contributed by atoms with Crippen LogP contribution in [-0.4, -0.2) is 4.57 Å². The van der Waals surface area contributed by atoms with Crippen LogP contribution in [0.15, 0.2) is 78.9 Å². The molecule has 1 nitrogen and oxygen atoms in total. The van der Waals surface area contributed by atoms with Crippen molar-refractivity contribution in [2.75, 3.05) is 0 Å². The number of benzene rings is 2. The van der Waals surface area contributed by atoms with Gasteiger partial charge in [0, 0.05) is 27.8 Å². The highest BCUT2D eigenvalue weighted by molar-refractivity contribution is 6.10. The Hall–Kier alpha value is -2.54. The van der Waals surface area contributed by atoms with Gasteiger partial charge in [-0.3, -0.25) is 0 Å². The van der Waals surface area contributed by atoms with E-state index in [1.807, 2.05) is 0 Å². The second kappa shape index (κ2) is 3.59. The lowest BCUT2D eigenvalue weighted by molar-refractivity contribution is 0.560. The summed E-state index contributed by atoms with van der Waals surface area (Å²) in [6.07, 6.45) is 12.5. The second-order valence-electron chi connectivity index (χ2n) is 7.81. The number of para-hydroxylation sites is 2. The fourth-order valence-electron chi connectivity index (χ4n) is 5.66. The predicted octanol–water partition coefficient (Wildman–Crippen LogP) is 5.25. The Morgan fingerprint density at radius 2 is 1.46 bits per heavy atom. The van der Waals surface area contributed by atoms with Crippen LogP contribution in [-0.2, 0) is 0 Å². The monoisotopic (exact) mass is 307 g/mol. The van der Waals surface area contributed by atoms with E-state index in [-0.39, 0.29) is 0 Å². The molecule has 1 heterocycles. The van der Waals surface area contributed by atoms with E-state index in [0.29, 0.717) is 11.3 Å². The van der Waals surface area contributed by atoms with E-state index in [9.17, 15) is 0 Å². The summed E-state index contributed by atoms with van der Waals surface area (Å²) < 4.78 is 2.51. The third-order valence-electron chi connectivity index (χ3n) is 6.94. The van der Waals surface area contributed by atoms with Gasteiger partial charge >= 0.3 is 0 Å². The molecule has 0 saturated heterocycles. The minimum atomic E-state index is 0.403. The maximum atomic E-state index is 2.59. The van der Waals surface area contributed by atoms with E-state index in [1.165, 1.54) is 27.5 Å². The van der Waals surface area contributed by atoms with Crippen molar-refractivity contribution in [3.8, 4) is 0 Å². The Morgan fingerprint density at radius 1 is 0.750 bits per heavy atom. The molecular formula is C23H17N. The van der Waals surface area contributed by atoms with Crippen LogP contribution in [0.4, 0.5) is 0 Å². The van der Waals surface area contributed by atoms with E-state index < -0.39 is 0 Å². The minimum Gasteiger partial charge on any atom is -0.312 e. The molecule has 4 aliphatic carbocycles. The van der Waals surface area contributed by atoms with Gasteiger partial charge in [-0.2, -0.15) is 0 Å². The average molecular weight is 307 g/mol. The lowest BCUT2D eigenvalue weighted by atomic mass is 9.92. The Balaban J connectivity index is 1.59. The quantitative estimate of drug-likeness (QED) is 0.541. The molecule has 0 N–H and O–H groups in total. The first-order chi connectivity index (χ1) is 11.9. The molecule has 1 spiro atoms. The van der Waals surface area contributed by atoms with Gasteiger partial charge in [-0.05, 0) is 29.9 Å². The van der Waals surface area contributed by atoms with Gasteiger partial charge in [0.15, 0.2) is 0 Å². The largest absolute Gasteiger partial charge is 0.312 e. The van der Waals surface area contributed by atoms with Crippen molar-refractivity contribution < 1.29 is 0 Å². The van der Waals surface area contributed by atoms with Gasteiger partial charge in [-0.1, -0.05) is 66.8 Å². The highest BCUT2D eigenvalue weighted by atomic mass is 15.0. The Bertz CT molecular complexity index is 1090. The molecule has 1 aromatic heterocycles. The van der Waals surface area contributed by atoms with Crippen LogP contribution in [0.25, 0.3) is 27.5 Å². The van der Waals surface area contributed by atoms with Crippen molar-refractivity contribution in [2.24, 2.45) is 29.1 Å². The summed E-state index contributed by atoms with van der Waals surface area (Å²) >= 11 is 0. The summed E-state index contributed by atoms with van der Waals surface area (Å²) in [5.74, 6) is 2.89. The van der Waals surface area contributed by atoms with E-state index in [1.54, 1.807) is 0 Å². The molecule has 24 heavy (non-hydrogen) atoms. The van der Waals surface area contributed by atoms with Gasteiger partial charge in [0.25, 0.3) is 0 Å². The summed E-state index contributed by atoms with van der Waals surface area (Å²) in [7, 11) is 0. The molecule has 2 fully saturated rings. The van der Waals surface area contributed by atoms with Crippen molar-refractivity contribution in [3.05, 3.63) is 78.9 Å². The van der Waals surface area contributed by atoms with Crippen LogP contribution in [0.5, 0.6) is 0 Å². The molecule has 5 atom stereocenters. The van der Waals surface area contributed by atoms with Crippen LogP contribution < -0.4 is 0 Å². The number of rotatable bonds is 1. The topological polar surface area (TPSA) is 4.93 Å². The number of allylic oxidation sites excluding steroid dienone is 6. The van der Waals surface area contributed by atoms with E-state index in [2.05, 4.69) is 83.5 Å². The van der Waals surface area contributed by atoms with Crippen molar-refractivity contribution in [3.63, 3.8) is 0 Å². The zero-order valence-electron chi connectivity index (χ0n) is 13.3. The Kier molecular flexibility index (Phi) is 1.78. The molecule has 2 bridgehead atoms. The number of aromatic nitrogens is 1. The lowest BCUT2D eigenvalue weighted by Gasteiger charge is -2.20. The lowest BCUT2D eigenvalue weighted by Crippen LogP contribution is -2.10. The normalized spacial score (nSPS) is 37.2. The van der Waals surface area contributed by atoms with Gasteiger partial charge < -0.3 is 4.57 Å². The van der Waals surface area contributed by atoms with Crippen molar-refractivity contribution in [1.29, 1.82) is 0 Å². The van der Waals surface area contributed by atoms with Crippen molar-refractivity contribution in [2.45, 2.75) is 0 Å². The van der Waals surface area contributed by atoms with Crippen LogP contribution in [0.3, 0.4) is 0 Å². The fraction of sp³-hybridized carbons (Fsp3) is 0.217. The third kappa shape index (κ3) is 1.13. The molecule has 7 rings (SSSR count). The SMILES string of the molecule is C1=CC2C3C4C=C(n5c6ccccc6c6ccccc65)C1C=CC243. The molecule has 114 valence electrons. The van der Waals surface area contributed by atoms with Crippen molar-refractivity contribution >= 4 is 27.5 Å². The first kappa shape index (κ1) is 11.9. The van der Waals surface area contributed by atoms with Crippen molar-refractivity contribution in [1.82, 2.24) is 4.57 Å². The molecular weight excluding hydrogens is 290 g/mol. The van der Waals surface area contributed by atoms with Gasteiger partial charge in [0.2, 0.25) is 0 Å². The van der Waals surface area contributed by atoms with E-state index >= 15 is 0 Å². The third-order valence-corrected chi connectivity index (χ3v) is 6.94. The van der Waals surface area contributed by atoms with E-state index in [4.69, 9.17) is 0 Å². The van der Waals surface area contributed by atoms with Crippen LogP contribution >= 0.6 is 0 Å². The smallest absolute Gasteiger partial charge is 0.0538 e. The summed E-state index contributed by atoms with van der Waals surface area (Å²) in [6, 6.07) is 17.7. The molecule has 0 aliphatic heterocycles. The van der Waals surface area contributed by atoms with Crippen LogP contribution in [0.1, 0.15) is 0 Å².